The monoisotopic (exact) mass is 426 g/mol. The molecule has 2 aromatic rings. The summed E-state index contributed by atoms with van der Waals surface area (Å²) in [6.45, 7) is 4.53. The van der Waals surface area contributed by atoms with Crippen LogP contribution in [0.1, 0.15) is 41.9 Å². The lowest BCUT2D eigenvalue weighted by Gasteiger charge is -2.31. The second kappa shape index (κ2) is 9.11. The second-order valence-corrected chi connectivity index (χ2v) is 7.64. The number of amides is 1. The standard InChI is InChI=1S/C19H24Cl2N4O3/c1-3-24-17(22-25(19(24)27)10-11-28-2)13-6-8-23(9-7-13)18(26)15-12-14(20)4-5-16(15)21/h4-5,12-13H,3,6-11H2,1-2H3. The Labute approximate surface area is 173 Å². The molecule has 9 heteroatoms. The number of benzene rings is 1. The minimum absolute atomic E-state index is 0.112. The first kappa shape index (κ1) is 20.9. The minimum Gasteiger partial charge on any atom is -0.383 e. The van der Waals surface area contributed by atoms with Gasteiger partial charge in [-0.1, -0.05) is 23.2 Å². The Bertz CT molecular complexity index is 901. The molecule has 28 heavy (non-hydrogen) atoms. The van der Waals surface area contributed by atoms with Gasteiger partial charge in [0.15, 0.2) is 0 Å². The van der Waals surface area contributed by atoms with Crippen LogP contribution in [0.2, 0.25) is 10.0 Å². The Morgan fingerprint density at radius 3 is 2.64 bits per heavy atom. The zero-order valence-corrected chi connectivity index (χ0v) is 17.5. The molecular weight excluding hydrogens is 403 g/mol. The summed E-state index contributed by atoms with van der Waals surface area (Å²) in [6, 6.07) is 4.90. The lowest BCUT2D eigenvalue weighted by Crippen LogP contribution is -2.38. The lowest BCUT2D eigenvalue weighted by molar-refractivity contribution is 0.0710. The minimum atomic E-state index is -0.121. The van der Waals surface area contributed by atoms with Crippen molar-refractivity contribution in [3.63, 3.8) is 0 Å². The van der Waals surface area contributed by atoms with Crippen LogP contribution in [0.25, 0.3) is 0 Å². The van der Waals surface area contributed by atoms with Crippen LogP contribution < -0.4 is 5.69 Å². The molecule has 3 rings (SSSR count). The van der Waals surface area contributed by atoms with E-state index in [1.165, 1.54) is 4.68 Å². The zero-order valence-electron chi connectivity index (χ0n) is 16.0. The first-order valence-corrected chi connectivity index (χ1v) is 10.1. The van der Waals surface area contributed by atoms with Gasteiger partial charge in [-0.15, -0.1) is 0 Å². The molecule has 0 spiro atoms. The Hall–Kier alpha value is -1.83. The number of aromatic nitrogens is 3. The molecule has 2 heterocycles. The Balaban J connectivity index is 1.72. The SMILES string of the molecule is CCn1c(C2CCN(C(=O)c3cc(Cl)ccc3Cl)CC2)nn(CCOC)c1=O. The molecule has 0 atom stereocenters. The highest BCUT2D eigenvalue weighted by molar-refractivity contribution is 6.35. The summed E-state index contributed by atoms with van der Waals surface area (Å²) in [7, 11) is 1.60. The van der Waals surface area contributed by atoms with Crippen LogP contribution in [0.5, 0.6) is 0 Å². The summed E-state index contributed by atoms with van der Waals surface area (Å²) < 4.78 is 8.23. The summed E-state index contributed by atoms with van der Waals surface area (Å²) in [5, 5.41) is 5.42. The van der Waals surface area contributed by atoms with Crippen LogP contribution in [0, 0.1) is 0 Å². The predicted molar refractivity (Wildman–Crippen MR) is 108 cm³/mol. The Kier molecular flexibility index (Phi) is 6.80. The number of methoxy groups -OCH3 is 1. The molecule has 7 nitrogen and oxygen atoms in total. The van der Waals surface area contributed by atoms with Crippen molar-refractivity contribution in [2.75, 3.05) is 26.8 Å². The van der Waals surface area contributed by atoms with Gasteiger partial charge >= 0.3 is 5.69 Å². The van der Waals surface area contributed by atoms with E-state index in [0.29, 0.717) is 48.4 Å². The van der Waals surface area contributed by atoms with E-state index in [1.54, 1.807) is 34.8 Å². The average molecular weight is 427 g/mol. The van der Waals surface area contributed by atoms with E-state index >= 15 is 0 Å². The number of ether oxygens (including phenoxy) is 1. The molecule has 0 saturated carbocycles. The van der Waals surface area contributed by atoms with Gasteiger partial charge < -0.3 is 9.64 Å². The first-order valence-electron chi connectivity index (χ1n) is 9.37. The Morgan fingerprint density at radius 1 is 1.29 bits per heavy atom. The zero-order chi connectivity index (χ0) is 20.3. The number of carbonyl (C=O) groups is 1. The molecule has 0 N–H and O–H groups in total. The highest BCUT2D eigenvalue weighted by Crippen LogP contribution is 2.29. The molecule has 1 saturated heterocycles. The van der Waals surface area contributed by atoms with Crippen LogP contribution in [-0.4, -0.2) is 52.0 Å². The molecule has 1 aromatic carbocycles. The van der Waals surface area contributed by atoms with Gasteiger partial charge in [-0.25, -0.2) is 9.48 Å². The second-order valence-electron chi connectivity index (χ2n) is 6.79. The van der Waals surface area contributed by atoms with Gasteiger partial charge in [0, 0.05) is 37.7 Å². The number of likely N-dealkylation sites (tertiary alicyclic amines) is 1. The van der Waals surface area contributed by atoms with E-state index in [-0.39, 0.29) is 17.5 Å². The van der Waals surface area contributed by atoms with Crippen LogP contribution in [-0.2, 0) is 17.8 Å². The number of piperidine rings is 1. The third-order valence-electron chi connectivity index (χ3n) is 5.08. The summed E-state index contributed by atoms with van der Waals surface area (Å²) >= 11 is 12.2. The third kappa shape index (κ3) is 4.26. The first-order chi connectivity index (χ1) is 13.5. The highest BCUT2D eigenvalue weighted by Gasteiger charge is 2.29. The number of hydrogen-bond donors (Lipinski definition) is 0. The third-order valence-corrected chi connectivity index (χ3v) is 5.65. The molecule has 0 radical (unpaired) electrons. The number of hydrogen-bond acceptors (Lipinski definition) is 4. The fourth-order valence-electron chi connectivity index (χ4n) is 3.55. The largest absolute Gasteiger partial charge is 0.383 e. The topological polar surface area (TPSA) is 69.4 Å². The number of rotatable bonds is 6. The van der Waals surface area contributed by atoms with Gasteiger partial charge in [-0.2, -0.15) is 5.10 Å². The molecule has 1 aromatic heterocycles. The fourth-order valence-corrected chi connectivity index (χ4v) is 3.92. The molecule has 1 fully saturated rings. The van der Waals surface area contributed by atoms with E-state index in [0.717, 1.165) is 18.7 Å². The van der Waals surface area contributed by atoms with E-state index in [1.807, 2.05) is 6.92 Å². The van der Waals surface area contributed by atoms with Gasteiger partial charge in [0.1, 0.15) is 5.82 Å². The van der Waals surface area contributed by atoms with Crippen molar-refractivity contribution in [1.29, 1.82) is 0 Å². The average Bonchev–Trinajstić information content (AvgIpc) is 3.03. The van der Waals surface area contributed by atoms with Crippen molar-refractivity contribution in [1.82, 2.24) is 19.2 Å². The maximum atomic E-state index is 12.8. The van der Waals surface area contributed by atoms with E-state index in [2.05, 4.69) is 5.10 Å². The fraction of sp³-hybridized carbons (Fsp3) is 0.526. The Morgan fingerprint density at radius 2 is 2.00 bits per heavy atom. The highest BCUT2D eigenvalue weighted by atomic mass is 35.5. The van der Waals surface area contributed by atoms with Gasteiger partial charge in [-0.05, 0) is 38.0 Å². The summed E-state index contributed by atoms with van der Waals surface area (Å²) in [6.07, 6.45) is 1.48. The van der Waals surface area contributed by atoms with Crippen LogP contribution in [0.4, 0.5) is 0 Å². The van der Waals surface area contributed by atoms with Crippen molar-refractivity contribution < 1.29 is 9.53 Å². The normalized spacial score (nSPS) is 15.2. The molecular formula is C19H24Cl2N4O3. The van der Waals surface area contributed by atoms with Crippen LogP contribution in [0.15, 0.2) is 23.0 Å². The number of halogens is 2. The molecule has 0 unspecified atom stereocenters. The summed E-state index contributed by atoms with van der Waals surface area (Å²) in [5.74, 6) is 0.802. The van der Waals surface area contributed by atoms with Gasteiger partial charge in [0.25, 0.3) is 5.91 Å². The molecule has 0 bridgehead atoms. The molecule has 1 aliphatic heterocycles. The van der Waals surface area contributed by atoms with E-state index in [4.69, 9.17) is 27.9 Å². The summed E-state index contributed by atoms with van der Waals surface area (Å²) in [5.41, 5.74) is 0.306. The van der Waals surface area contributed by atoms with Crippen molar-refractivity contribution in [3.8, 4) is 0 Å². The van der Waals surface area contributed by atoms with Gasteiger partial charge in [0.2, 0.25) is 0 Å². The maximum Gasteiger partial charge on any atom is 0.345 e. The van der Waals surface area contributed by atoms with Crippen LogP contribution >= 0.6 is 23.2 Å². The van der Waals surface area contributed by atoms with Crippen molar-refractivity contribution >= 4 is 29.1 Å². The van der Waals surface area contributed by atoms with Crippen LogP contribution in [0.3, 0.4) is 0 Å². The molecule has 152 valence electrons. The smallest absolute Gasteiger partial charge is 0.345 e. The van der Waals surface area contributed by atoms with Crippen molar-refractivity contribution in [2.24, 2.45) is 0 Å². The summed E-state index contributed by atoms with van der Waals surface area (Å²) in [4.78, 5) is 27.1. The van der Waals surface area contributed by atoms with Crippen molar-refractivity contribution in [2.45, 2.75) is 38.8 Å². The number of nitrogens with zero attached hydrogens (tertiary/aromatic N) is 4. The van der Waals surface area contributed by atoms with Gasteiger partial charge in [-0.3, -0.25) is 9.36 Å². The number of carbonyl (C=O) groups excluding carboxylic acids is 1. The quantitative estimate of drug-likeness (QED) is 0.711. The van der Waals surface area contributed by atoms with Crippen molar-refractivity contribution in [3.05, 3.63) is 50.1 Å². The predicted octanol–water partition coefficient (Wildman–Crippen LogP) is 3.04. The maximum absolute atomic E-state index is 12.8. The molecule has 1 amide bonds. The molecule has 1 aliphatic rings. The van der Waals surface area contributed by atoms with Gasteiger partial charge in [0.05, 0.1) is 23.7 Å². The molecule has 0 aliphatic carbocycles. The van der Waals surface area contributed by atoms with E-state index in [9.17, 15) is 9.59 Å². The lowest BCUT2D eigenvalue weighted by atomic mass is 9.95. The van der Waals surface area contributed by atoms with E-state index < -0.39 is 0 Å².